The molecule has 0 aliphatic carbocycles. The molecule has 0 saturated carbocycles. The number of hydrogen-bond donors (Lipinski definition) is 2. The monoisotopic (exact) mass is 505 g/mol. The highest BCUT2D eigenvalue weighted by Crippen LogP contribution is 2.25. The van der Waals surface area contributed by atoms with Crippen LogP contribution < -0.4 is 20.1 Å². The van der Waals surface area contributed by atoms with Crippen LogP contribution in [0.15, 0.2) is 41.4 Å². The molecule has 2 rings (SSSR count). The van der Waals surface area contributed by atoms with Gasteiger partial charge in [0.1, 0.15) is 23.1 Å². The van der Waals surface area contributed by atoms with Crippen molar-refractivity contribution < 1.29 is 18.3 Å². The van der Waals surface area contributed by atoms with Crippen LogP contribution in [0.1, 0.15) is 18.1 Å². The van der Waals surface area contributed by atoms with E-state index in [0.717, 1.165) is 17.7 Å². The van der Waals surface area contributed by atoms with Gasteiger partial charge in [0, 0.05) is 24.7 Å². The predicted octanol–water partition coefficient (Wildman–Crippen LogP) is 3.90. The van der Waals surface area contributed by atoms with Gasteiger partial charge in [-0.1, -0.05) is 0 Å². The zero-order chi connectivity index (χ0) is 19.6. The van der Waals surface area contributed by atoms with E-state index < -0.39 is 11.6 Å². The maximum absolute atomic E-state index is 13.7. The van der Waals surface area contributed by atoms with E-state index in [1.54, 1.807) is 20.3 Å². The summed E-state index contributed by atoms with van der Waals surface area (Å²) in [7, 11) is 3.19. The Labute approximate surface area is 181 Å². The average molecular weight is 505 g/mol. The standard InChI is InChI=1S/C20H25F2N3O2.HI/c1-4-23-20(24-10-9-14-11-16(21)6-8-18(14)22)25-13-15-5-7-17(26-2)12-19(15)27-3;/h5-8,11-12H,4,9-10,13H2,1-3H3,(H2,23,24,25);1H. The number of hydrogen-bond acceptors (Lipinski definition) is 3. The number of rotatable bonds is 8. The van der Waals surface area contributed by atoms with Gasteiger partial charge < -0.3 is 20.1 Å². The molecule has 8 heteroatoms. The Balaban J connectivity index is 0.00000392. The highest BCUT2D eigenvalue weighted by Gasteiger charge is 2.07. The van der Waals surface area contributed by atoms with Crippen molar-refractivity contribution in [1.82, 2.24) is 10.6 Å². The third kappa shape index (κ3) is 7.14. The first kappa shape index (κ1) is 23.9. The first-order valence-electron chi connectivity index (χ1n) is 8.74. The maximum Gasteiger partial charge on any atom is 0.191 e. The molecule has 28 heavy (non-hydrogen) atoms. The van der Waals surface area contributed by atoms with Crippen molar-refractivity contribution in [3.63, 3.8) is 0 Å². The van der Waals surface area contributed by atoms with Gasteiger partial charge in [-0.25, -0.2) is 13.8 Å². The number of guanidine groups is 1. The summed E-state index contributed by atoms with van der Waals surface area (Å²) in [6.07, 6.45) is 0.347. The van der Waals surface area contributed by atoms with Crippen molar-refractivity contribution in [2.75, 3.05) is 27.3 Å². The van der Waals surface area contributed by atoms with E-state index in [9.17, 15) is 8.78 Å². The molecule has 0 aliphatic heterocycles. The third-order valence-electron chi connectivity index (χ3n) is 3.94. The van der Waals surface area contributed by atoms with Crippen LogP contribution in [-0.4, -0.2) is 33.3 Å². The summed E-state index contributed by atoms with van der Waals surface area (Å²) >= 11 is 0. The number of methoxy groups -OCH3 is 2. The molecule has 154 valence electrons. The molecule has 0 saturated heterocycles. The zero-order valence-corrected chi connectivity index (χ0v) is 18.6. The molecule has 2 N–H and O–H groups in total. The maximum atomic E-state index is 13.7. The van der Waals surface area contributed by atoms with Crippen LogP contribution in [0.3, 0.4) is 0 Å². The van der Waals surface area contributed by atoms with Crippen molar-refractivity contribution >= 4 is 29.9 Å². The lowest BCUT2D eigenvalue weighted by atomic mass is 10.1. The van der Waals surface area contributed by atoms with Gasteiger partial charge in [0.2, 0.25) is 0 Å². The molecule has 0 bridgehead atoms. The number of halogens is 3. The van der Waals surface area contributed by atoms with Crippen LogP contribution in [0.25, 0.3) is 0 Å². The lowest BCUT2D eigenvalue weighted by molar-refractivity contribution is 0.391. The summed E-state index contributed by atoms with van der Waals surface area (Å²) in [5, 5.41) is 6.26. The molecule has 0 amide bonds. The largest absolute Gasteiger partial charge is 0.497 e. The van der Waals surface area contributed by atoms with Gasteiger partial charge in [-0.05, 0) is 49.2 Å². The van der Waals surface area contributed by atoms with Crippen LogP contribution >= 0.6 is 24.0 Å². The fraction of sp³-hybridized carbons (Fsp3) is 0.350. The van der Waals surface area contributed by atoms with E-state index in [2.05, 4.69) is 15.6 Å². The van der Waals surface area contributed by atoms with Gasteiger partial charge in [0.25, 0.3) is 0 Å². The Kier molecular flexibility index (Phi) is 10.6. The number of nitrogens with zero attached hydrogens (tertiary/aromatic N) is 1. The molecule has 0 heterocycles. The molecule has 0 aliphatic rings. The molecule has 5 nitrogen and oxygen atoms in total. The fourth-order valence-corrected chi connectivity index (χ4v) is 2.54. The molecule has 2 aromatic rings. The molecule has 0 spiro atoms. The highest BCUT2D eigenvalue weighted by atomic mass is 127. The van der Waals surface area contributed by atoms with E-state index in [1.165, 1.54) is 6.07 Å². The van der Waals surface area contributed by atoms with Crippen LogP contribution in [0, 0.1) is 11.6 Å². The molecule has 0 atom stereocenters. The molecule has 0 unspecified atom stereocenters. The van der Waals surface area contributed by atoms with Gasteiger partial charge in [0.15, 0.2) is 5.96 Å². The van der Waals surface area contributed by atoms with Crippen molar-refractivity contribution in [3.05, 3.63) is 59.2 Å². The summed E-state index contributed by atoms with van der Waals surface area (Å²) in [5.74, 6) is 1.13. The Morgan fingerprint density at radius 1 is 1.00 bits per heavy atom. The summed E-state index contributed by atoms with van der Waals surface area (Å²) in [6.45, 7) is 3.46. The number of nitrogens with one attached hydrogen (secondary N) is 2. The number of aliphatic imine (C=N–C) groups is 1. The van der Waals surface area contributed by atoms with E-state index in [-0.39, 0.29) is 24.0 Å². The molecule has 0 fully saturated rings. The summed E-state index contributed by atoms with van der Waals surface area (Å²) in [6, 6.07) is 9.01. The third-order valence-corrected chi connectivity index (χ3v) is 3.94. The van der Waals surface area contributed by atoms with Crippen molar-refractivity contribution in [3.8, 4) is 11.5 Å². The normalized spacial score (nSPS) is 10.8. The minimum absolute atomic E-state index is 0. The quantitative estimate of drug-likeness (QED) is 0.325. The molecule has 0 radical (unpaired) electrons. The van der Waals surface area contributed by atoms with Crippen LogP contribution in [-0.2, 0) is 13.0 Å². The number of benzene rings is 2. The van der Waals surface area contributed by atoms with Crippen molar-refractivity contribution in [2.24, 2.45) is 4.99 Å². The molecule has 2 aromatic carbocycles. The highest BCUT2D eigenvalue weighted by molar-refractivity contribution is 14.0. The van der Waals surface area contributed by atoms with E-state index in [4.69, 9.17) is 9.47 Å². The topological polar surface area (TPSA) is 54.9 Å². The summed E-state index contributed by atoms with van der Waals surface area (Å²) < 4.78 is 37.5. The smallest absolute Gasteiger partial charge is 0.191 e. The molecular weight excluding hydrogens is 479 g/mol. The van der Waals surface area contributed by atoms with E-state index in [0.29, 0.717) is 49.1 Å². The predicted molar refractivity (Wildman–Crippen MR) is 118 cm³/mol. The van der Waals surface area contributed by atoms with E-state index in [1.807, 2.05) is 19.1 Å². The fourth-order valence-electron chi connectivity index (χ4n) is 2.54. The summed E-state index contributed by atoms with van der Waals surface area (Å²) in [4.78, 5) is 4.52. The lowest BCUT2D eigenvalue weighted by Gasteiger charge is -2.13. The van der Waals surface area contributed by atoms with Gasteiger partial charge in [-0.2, -0.15) is 0 Å². The first-order chi connectivity index (χ1) is 13.1. The van der Waals surface area contributed by atoms with Crippen LogP contribution in [0.5, 0.6) is 11.5 Å². The Bertz CT molecular complexity index is 788. The second-order valence-electron chi connectivity index (χ2n) is 5.79. The van der Waals surface area contributed by atoms with Crippen molar-refractivity contribution in [2.45, 2.75) is 19.9 Å². The minimum atomic E-state index is -0.446. The molecular formula is C20H26F2IN3O2. The van der Waals surface area contributed by atoms with Gasteiger partial charge in [0.05, 0.1) is 20.8 Å². The number of ether oxygens (including phenoxy) is 2. The van der Waals surface area contributed by atoms with Gasteiger partial charge >= 0.3 is 0 Å². The SMILES string of the molecule is CCNC(=NCc1ccc(OC)cc1OC)NCCc1cc(F)ccc1F.I. The van der Waals surface area contributed by atoms with Crippen LogP contribution in [0.4, 0.5) is 8.78 Å². The zero-order valence-electron chi connectivity index (χ0n) is 16.2. The Hall–Kier alpha value is -2.10. The Morgan fingerprint density at radius 3 is 2.46 bits per heavy atom. The summed E-state index contributed by atoms with van der Waals surface area (Å²) in [5.41, 5.74) is 1.24. The van der Waals surface area contributed by atoms with Gasteiger partial charge in [-0.3, -0.25) is 0 Å². The van der Waals surface area contributed by atoms with E-state index >= 15 is 0 Å². The van der Waals surface area contributed by atoms with Crippen molar-refractivity contribution in [1.29, 1.82) is 0 Å². The average Bonchev–Trinajstić information content (AvgIpc) is 2.68. The minimum Gasteiger partial charge on any atom is -0.497 e. The Morgan fingerprint density at radius 2 is 1.79 bits per heavy atom. The first-order valence-corrected chi connectivity index (χ1v) is 8.74. The second kappa shape index (κ2) is 12.4. The second-order valence-corrected chi connectivity index (χ2v) is 5.79. The molecule has 0 aromatic heterocycles. The lowest BCUT2D eigenvalue weighted by Crippen LogP contribution is -2.38. The van der Waals surface area contributed by atoms with Crippen LogP contribution in [0.2, 0.25) is 0 Å². The van der Waals surface area contributed by atoms with Gasteiger partial charge in [-0.15, -0.1) is 24.0 Å².